The minimum atomic E-state index is 0.785. The molecule has 0 fully saturated rings. The summed E-state index contributed by atoms with van der Waals surface area (Å²) < 4.78 is 0. The van der Waals surface area contributed by atoms with Gasteiger partial charge in [-0.15, -0.1) is 0 Å². The van der Waals surface area contributed by atoms with Crippen LogP contribution in [0, 0.1) is 13.0 Å². The number of rotatable bonds is 1. The molecule has 0 atom stereocenters. The van der Waals surface area contributed by atoms with Gasteiger partial charge in [0.1, 0.15) is 0 Å². The van der Waals surface area contributed by atoms with E-state index < -0.39 is 0 Å². The molecule has 0 saturated carbocycles. The molecule has 10 heavy (non-hydrogen) atoms. The minimum absolute atomic E-state index is 0.785. The van der Waals surface area contributed by atoms with E-state index in [0.29, 0.717) is 0 Å². The third kappa shape index (κ3) is 1.58. The van der Waals surface area contributed by atoms with E-state index in [-0.39, 0.29) is 0 Å². The van der Waals surface area contributed by atoms with Gasteiger partial charge in [0, 0.05) is 5.56 Å². The average molecular weight is 134 g/mol. The summed E-state index contributed by atoms with van der Waals surface area (Å²) in [5.74, 6) is 0. The van der Waals surface area contributed by atoms with Crippen LogP contribution >= 0.6 is 0 Å². The van der Waals surface area contributed by atoms with Crippen LogP contribution in [-0.2, 0) is 0 Å². The first kappa shape index (κ1) is 6.81. The van der Waals surface area contributed by atoms with Gasteiger partial charge in [0.05, 0.1) is 6.21 Å². The zero-order valence-corrected chi connectivity index (χ0v) is 5.70. The van der Waals surface area contributed by atoms with Crippen molar-refractivity contribution in [2.45, 2.75) is 6.92 Å². The van der Waals surface area contributed by atoms with E-state index in [9.17, 15) is 0 Å². The van der Waals surface area contributed by atoms with Crippen molar-refractivity contribution in [2.75, 3.05) is 0 Å². The quantitative estimate of drug-likeness (QED) is 0.353. The lowest BCUT2D eigenvalue weighted by Crippen LogP contribution is -1.80. The Bertz CT molecular complexity index is 226. The van der Waals surface area contributed by atoms with Crippen molar-refractivity contribution in [1.82, 2.24) is 0 Å². The molecule has 0 aliphatic carbocycles. The van der Waals surface area contributed by atoms with Crippen LogP contribution in [0.3, 0.4) is 0 Å². The molecule has 1 radical (unpaired) electrons. The molecule has 1 rings (SSSR count). The molecule has 1 aromatic rings. The first-order valence-corrected chi connectivity index (χ1v) is 2.98. The van der Waals surface area contributed by atoms with E-state index in [4.69, 9.17) is 5.21 Å². The third-order valence-corrected chi connectivity index (χ3v) is 1.19. The highest BCUT2D eigenvalue weighted by Gasteiger charge is 1.85. The molecule has 0 aliphatic rings. The van der Waals surface area contributed by atoms with Crippen LogP contribution in [0.2, 0.25) is 0 Å². The van der Waals surface area contributed by atoms with E-state index in [2.05, 4.69) is 11.2 Å². The van der Waals surface area contributed by atoms with Crippen LogP contribution < -0.4 is 0 Å². The molecule has 0 bridgehead atoms. The van der Waals surface area contributed by atoms with E-state index in [1.165, 1.54) is 6.21 Å². The van der Waals surface area contributed by atoms with Gasteiger partial charge in [-0.2, -0.15) is 0 Å². The Hall–Kier alpha value is -1.31. The standard InChI is InChI=1S/C8H8NO/c1-7-2-4-8(5-3-7)6-9-10/h2-4,6,10H,1H3. The molecule has 0 saturated heterocycles. The first-order chi connectivity index (χ1) is 4.83. The molecule has 0 heterocycles. The number of oxime groups is 1. The molecule has 0 amide bonds. The third-order valence-electron chi connectivity index (χ3n) is 1.19. The summed E-state index contributed by atoms with van der Waals surface area (Å²) in [5, 5.41) is 11.0. The topological polar surface area (TPSA) is 32.6 Å². The van der Waals surface area contributed by atoms with Crippen molar-refractivity contribution in [1.29, 1.82) is 0 Å². The van der Waals surface area contributed by atoms with Crippen LogP contribution in [0.1, 0.15) is 11.1 Å². The zero-order valence-electron chi connectivity index (χ0n) is 5.70. The molecule has 0 aliphatic heterocycles. The lowest BCUT2D eigenvalue weighted by molar-refractivity contribution is 0.322. The summed E-state index contributed by atoms with van der Waals surface area (Å²) >= 11 is 0. The molecule has 0 aromatic heterocycles. The smallest absolute Gasteiger partial charge is 0.0740 e. The Balaban J connectivity index is 2.89. The van der Waals surface area contributed by atoms with Gasteiger partial charge < -0.3 is 5.21 Å². The SMILES string of the molecule is Cc1c[c]c(C=NO)cc1. The Morgan fingerprint density at radius 1 is 1.60 bits per heavy atom. The highest BCUT2D eigenvalue weighted by Crippen LogP contribution is 1.98. The number of aryl methyl sites for hydroxylation is 1. The fourth-order valence-corrected chi connectivity index (χ4v) is 0.657. The van der Waals surface area contributed by atoms with Crippen molar-refractivity contribution in [3.63, 3.8) is 0 Å². The van der Waals surface area contributed by atoms with Gasteiger partial charge in [-0.1, -0.05) is 28.9 Å². The van der Waals surface area contributed by atoms with Gasteiger partial charge in [-0.25, -0.2) is 0 Å². The molecular formula is C8H8NO. The number of benzene rings is 1. The highest BCUT2D eigenvalue weighted by molar-refractivity contribution is 5.78. The normalized spacial score (nSPS) is 10.5. The molecule has 2 nitrogen and oxygen atoms in total. The summed E-state index contributed by atoms with van der Waals surface area (Å²) in [6.45, 7) is 1.98. The Morgan fingerprint density at radius 2 is 2.40 bits per heavy atom. The second-order valence-electron chi connectivity index (χ2n) is 2.07. The fourth-order valence-electron chi connectivity index (χ4n) is 0.657. The summed E-state index contributed by atoms with van der Waals surface area (Å²) in [6, 6.07) is 8.55. The number of hydrogen-bond acceptors (Lipinski definition) is 2. The summed E-state index contributed by atoms with van der Waals surface area (Å²) in [5.41, 5.74) is 1.93. The molecule has 0 spiro atoms. The van der Waals surface area contributed by atoms with Gasteiger partial charge in [-0.3, -0.25) is 0 Å². The van der Waals surface area contributed by atoms with Crippen LogP contribution in [0.15, 0.2) is 23.4 Å². The zero-order chi connectivity index (χ0) is 7.40. The summed E-state index contributed by atoms with van der Waals surface area (Å²) in [7, 11) is 0. The average Bonchev–Trinajstić information content (AvgIpc) is 1.95. The maximum atomic E-state index is 8.14. The van der Waals surface area contributed by atoms with E-state index >= 15 is 0 Å². The van der Waals surface area contributed by atoms with Gasteiger partial charge in [-0.05, 0) is 13.0 Å². The summed E-state index contributed by atoms with van der Waals surface area (Å²) in [6.07, 6.45) is 1.35. The maximum absolute atomic E-state index is 8.14. The van der Waals surface area contributed by atoms with E-state index in [0.717, 1.165) is 11.1 Å². The van der Waals surface area contributed by atoms with Crippen LogP contribution in [0.4, 0.5) is 0 Å². The Morgan fingerprint density at radius 3 is 2.90 bits per heavy atom. The van der Waals surface area contributed by atoms with Gasteiger partial charge in [0.15, 0.2) is 0 Å². The Labute approximate surface area is 59.8 Å². The first-order valence-electron chi connectivity index (χ1n) is 2.98. The van der Waals surface area contributed by atoms with Gasteiger partial charge in [0.25, 0.3) is 0 Å². The molecule has 51 valence electrons. The van der Waals surface area contributed by atoms with Crippen molar-refractivity contribution < 1.29 is 5.21 Å². The number of nitrogens with zero attached hydrogens (tertiary/aromatic N) is 1. The van der Waals surface area contributed by atoms with Crippen molar-refractivity contribution in [3.8, 4) is 0 Å². The van der Waals surface area contributed by atoms with Crippen molar-refractivity contribution in [2.24, 2.45) is 5.16 Å². The van der Waals surface area contributed by atoms with E-state index in [1.54, 1.807) is 0 Å². The monoisotopic (exact) mass is 134 g/mol. The number of hydrogen-bond donors (Lipinski definition) is 1. The molecule has 2 heteroatoms. The fraction of sp³-hybridized carbons (Fsp3) is 0.125. The molecule has 1 N–H and O–H groups in total. The predicted molar refractivity (Wildman–Crippen MR) is 39.4 cm³/mol. The molecular weight excluding hydrogens is 126 g/mol. The van der Waals surface area contributed by atoms with Crippen molar-refractivity contribution in [3.05, 3.63) is 35.4 Å². The lowest BCUT2D eigenvalue weighted by Gasteiger charge is -1.90. The molecule has 1 aromatic carbocycles. The van der Waals surface area contributed by atoms with Gasteiger partial charge in [0.2, 0.25) is 0 Å². The lowest BCUT2D eigenvalue weighted by atomic mass is 10.2. The van der Waals surface area contributed by atoms with Crippen LogP contribution in [-0.4, -0.2) is 11.4 Å². The highest BCUT2D eigenvalue weighted by atomic mass is 16.4. The summed E-state index contributed by atoms with van der Waals surface area (Å²) in [4.78, 5) is 0. The maximum Gasteiger partial charge on any atom is 0.0740 e. The van der Waals surface area contributed by atoms with Crippen molar-refractivity contribution >= 4 is 6.21 Å². The Kier molecular flexibility index (Phi) is 2.05. The minimum Gasteiger partial charge on any atom is -0.411 e. The van der Waals surface area contributed by atoms with E-state index in [1.807, 2.05) is 25.1 Å². The van der Waals surface area contributed by atoms with Crippen LogP contribution in [0.5, 0.6) is 0 Å². The second kappa shape index (κ2) is 3.01. The largest absolute Gasteiger partial charge is 0.411 e. The second-order valence-corrected chi connectivity index (χ2v) is 2.07. The molecule has 0 unspecified atom stereocenters. The van der Waals surface area contributed by atoms with Crippen LogP contribution in [0.25, 0.3) is 0 Å². The van der Waals surface area contributed by atoms with Gasteiger partial charge >= 0.3 is 0 Å². The predicted octanol–water partition coefficient (Wildman–Crippen LogP) is 1.60.